The van der Waals surface area contributed by atoms with Gasteiger partial charge in [-0.1, -0.05) is 26.0 Å². The van der Waals surface area contributed by atoms with Crippen LogP contribution < -0.4 is 10.2 Å². The lowest BCUT2D eigenvalue weighted by atomic mass is 10.0. The highest BCUT2D eigenvalue weighted by Gasteiger charge is 2.37. The van der Waals surface area contributed by atoms with Crippen LogP contribution in [0.25, 0.3) is 11.3 Å². The van der Waals surface area contributed by atoms with Crippen molar-refractivity contribution < 1.29 is 19.1 Å². The molecule has 0 aliphatic carbocycles. The zero-order valence-electron chi connectivity index (χ0n) is 19.1. The number of rotatable bonds is 7. The zero-order chi connectivity index (χ0) is 23.4. The standard InChI is InChI=1S/C24H31N5O4/c1-16(2)22(27-21(31)15-30)24(32)29-9-3-4-20(29)23-25-14-19(26-23)17-5-7-18(8-6-17)28-10-12-33-13-11-28/h5-8,14-16,20,22H,3-4,9-13H2,1-2H3,(H,25,26)(H,27,31)/t20-,22-/m0/s1. The number of anilines is 1. The minimum Gasteiger partial charge on any atom is -0.378 e. The number of nitrogens with zero attached hydrogens (tertiary/aromatic N) is 3. The molecule has 33 heavy (non-hydrogen) atoms. The van der Waals surface area contributed by atoms with Crippen LogP contribution in [0.3, 0.4) is 0 Å². The highest BCUT2D eigenvalue weighted by Crippen LogP contribution is 2.33. The van der Waals surface area contributed by atoms with Gasteiger partial charge in [-0.3, -0.25) is 14.4 Å². The van der Waals surface area contributed by atoms with Gasteiger partial charge in [0.2, 0.25) is 12.2 Å². The van der Waals surface area contributed by atoms with E-state index in [9.17, 15) is 14.4 Å². The van der Waals surface area contributed by atoms with Crippen LogP contribution >= 0.6 is 0 Å². The van der Waals surface area contributed by atoms with Crippen LogP contribution in [0.15, 0.2) is 30.5 Å². The molecule has 0 unspecified atom stereocenters. The Kier molecular flexibility index (Phi) is 7.08. The first-order valence-corrected chi connectivity index (χ1v) is 11.5. The fraction of sp³-hybridized carbons (Fsp3) is 0.500. The summed E-state index contributed by atoms with van der Waals surface area (Å²) in [6, 6.07) is 7.43. The van der Waals surface area contributed by atoms with Gasteiger partial charge < -0.3 is 24.8 Å². The van der Waals surface area contributed by atoms with Crippen molar-refractivity contribution in [2.75, 3.05) is 37.7 Å². The largest absolute Gasteiger partial charge is 0.378 e. The molecule has 2 N–H and O–H groups in total. The van der Waals surface area contributed by atoms with Crippen molar-refractivity contribution in [2.45, 2.75) is 38.8 Å². The van der Waals surface area contributed by atoms with E-state index in [0.717, 1.165) is 56.2 Å². The molecule has 4 rings (SSSR count). The molecule has 2 atom stereocenters. The third-order valence-corrected chi connectivity index (χ3v) is 6.34. The molecular formula is C24H31N5O4. The molecule has 9 nitrogen and oxygen atoms in total. The fourth-order valence-corrected chi connectivity index (χ4v) is 4.52. The maximum Gasteiger partial charge on any atom is 0.284 e. The SMILES string of the molecule is CC(C)[C@H](NC(=O)C=O)C(=O)N1CCC[C@H]1c1ncc(-c2ccc(N3CCOCC3)cc2)[nH]1. The lowest BCUT2D eigenvalue weighted by molar-refractivity contribution is -0.140. The molecule has 2 aliphatic heterocycles. The molecule has 0 radical (unpaired) electrons. The Balaban J connectivity index is 1.48. The number of nitrogens with one attached hydrogen (secondary N) is 2. The van der Waals surface area contributed by atoms with Gasteiger partial charge >= 0.3 is 0 Å². The second-order valence-corrected chi connectivity index (χ2v) is 8.87. The lowest BCUT2D eigenvalue weighted by Crippen LogP contribution is -2.51. The van der Waals surface area contributed by atoms with Crippen LogP contribution in [-0.2, 0) is 19.1 Å². The van der Waals surface area contributed by atoms with Gasteiger partial charge in [-0.2, -0.15) is 0 Å². The Morgan fingerprint density at radius 2 is 1.91 bits per heavy atom. The number of amides is 2. The van der Waals surface area contributed by atoms with E-state index in [1.807, 2.05) is 13.8 Å². The van der Waals surface area contributed by atoms with Crippen molar-refractivity contribution in [1.82, 2.24) is 20.2 Å². The van der Waals surface area contributed by atoms with Crippen LogP contribution in [-0.4, -0.2) is 71.9 Å². The number of H-pyrrole nitrogens is 1. The number of carbonyl (C=O) groups is 3. The quantitative estimate of drug-likeness (QED) is 0.490. The second-order valence-electron chi connectivity index (χ2n) is 8.87. The van der Waals surface area contributed by atoms with Gasteiger partial charge in [-0.15, -0.1) is 0 Å². The van der Waals surface area contributed by atoms with E-state index in [2.05, 4.69) is 44.5 Å². The smallest absolute Gasteiger partial charge is 0.284 e. The van der Waals surface area contributed by atoms with Crippen LogP contribution in [0.5, 0.6) is 0 Å². The van der Waals surface area contributed by atoms with E-state index in [0.29, 0.717) is 6.54 Å². The van der Waals surface area contributed by atoms with Gasteiger partial charge in [0, 0.05) is 25.3 Å². The highest BCUT2D eigenvalue weighted by molar-refractivity contribution is 6.24. The molecule has 1 aromatic carbocycles. The van der Waals surface area contributed by atoms with Gasteiger partial charge in [0.25, 0.3) is 5.91 Å². The number of morpholine rings is 1. The first-order chi connectivity index (χ1) is 16.0. The minimum atomic E-state index is -0.779. The molecule has 0 bridgehead atoms. The third-order valence-electron chi connectivity index (χ3n) is 6.34. The molecule has 2 aromatic rings. The van der Waals surface area contributed by atoms with E-state index in [4.69, 9.17) is 4.74 Å². The van der Waals surface area contributed by atoms with E-state index in [-0.39, 0.29) is 24.2 Å². The van der Waals surface area contributed by atoms with Crippen LogP contribution in [0, 0.1) is 5.92 Å². The number of aromatic nitrogens is 2. The Morgan fingerprint density at radius 3 is 2.58 bits per heavy atom. The van der Waals surface area contributed by atoms with E-state index < -0.39 is 11.9 Å². The van der Waals surface area contributed by atoms with Crippen LogP contribution in [0.4, 0.5) is 5.69 Å². The topological polar surface area (TPSA) is 108 Å². The van der Waals surface area contributed by atoms with Gasteiger partial charge in [0.15, 0.2) is 0 Å². The highest BCUT2D eigenvalue weighted by atomic mass is 16.5. The molecule has 176 valence electrons. The number of hydrogen-bond donors (Lipinski definition) is 2. The summed E-state index contributed by atoms with van der Waals surface area (Å²) in [5.41, 5.74) is 3.10. The number of ether oxygens (including phenoxy) is 1. The number of hydrogen-bond acceptors (Lipinski definition) is 6. The van der Waals surface area contributed by atoms with Crippen molar-refractivity contribution in [1.29, 1.82) is 0 Å². The van der Waals surface area contributed by atoms with E-state index in [1.54, 1.807) is 11.1 Å². The summed E-state index contributed by atoms with van der Waals surface area (Å²) < 4.78 is 5.42. The first-order valence-electron chi connectivity index (χ1n) is 11.5. The maximum absolute atomic E-state index is 13.2. The van der Waals surface area contributed by atoms with Gasteiger partial charge in [-0.05, 0) is 36.5 Å². The fourth-order valence-electron chi connectivity index (χ4n) is 4.52. The van der Waals surface area contributed by atoms with Crippen molar-refractivity contribution in [3.63, 3.8) is 0 Å². The zero-order valence-corrected chi connectivity index (χ0v) is 19.1. The summed E-state index contributed by atoms with van der Waals surface area (Å²) in [5.74, 6) is -0.369. The molecule has 1 aromatic heterocycles. The molecular weight excluding hydrogens is 422 g/mol. The molecule has 9 heteroatoms. The molecule has 0 spiro atoms. The second kappa shape index (κ2) is 10.2. The van der Waals surface area contributed by atoms with Crippen molar-refractivity contribution in [3.8, 4) is 11.3 Å². The number of aldehydes is 1. The van der Waals surface area contributed by atoms with Crippen molar-refractivity contribution >= 4 is 23.8 Å². The molecule has 2 aliphatic rings. The summed E-state index contributed by atoms with van der Waals surface area (Å²) in [7, 11) is 0. The minimum absolute atomic E-state index is 0.139. The number of carbonyl (C=O) groups excluding carboxylic acids is 3. The Labute approximate surface area is 193 Å². The molecule has 2 fully saturated rings. The summed E-state index contributed by atoms with van der Waals surface area (Å²) in [6.07, 6.45) is 3.65. The molecule has 2 saturated heterocycles. The number of imidazole rings is 1. The van der Waals surface area contributed by atoms with Crippen molar-refractivity contribution in [3.05, 3.63) is 36.3 Å². The average Bonchev–Trinajstić information content (AvgIpc) is 3.52. The Hall–Kier alpha value is -3.20. The predicted molar refractivity (Wildman–Crippen MR) is 124 cm³/mol. The van der Waals surface area contributed by atoms with Crippen LogP contribution in [0.1, 0.15) is 38.6 Å². The summed E-state index contributed by atoms with van der Waals surface area (Å²) in [5, 5.41) is 2.54. The Bertz CT molecular complexity index is 981. The molecule has 0 saturated carbocycles. The Morgan fingerprint density at radius 1 is 1.18 bits per heavy atom. The van der Waals surface area contributed by atoms with Crippen LogP contribution in [0.2, 0.25) is 0 Å². The normalized spacial score (nSPS) is 19.5. The summed E-state index contributed by atoms with van der Waals surface area (Å²) >= 11 is 0. The third kappa shape index (κ3) is 5.08. The lowest BCUT2D eigenvalue weighted by Gasteiger charge is -2.30. The average molecular weight is 454 g/mol. The van der Waals surface area contributed by atoms with Gasteiger partial charge in [-0.25, -0.2) is 4.98 Å². The number of benzene rings is 1. The van der Waals surface area contributed by atoms with E-state index >= 15 is 0 Å². The van der Waals surface area contributed by atoms with Crippen molar-refractivity contribution in [2.24, 2.45) is 5.92 Å². The maximum atomic E-state index is 13.2. The van der Waals surface area contributed by atoms with Gasteiger partial charge in [0.05, 0.1) is 31.1 Å². The monoisotopic (exact) mass is 453 g/mol. The van der Waals surface area contributed by atoms with E-state index in [1.165, 1.54) is 5.69 Å². The van der Waals surface area contributed by atoms with Gasteiger partial charge in [0.1, 0.15) is 11.9 Å². The molecule has 2 amide bonds. The summed E-state index contributed by atoms with van der Waals surface area (Å²) in [4.78, 5) is 47.7. The predicted octanol–water partition coefficient (Wildman–Crippen LogP) is 1.92. The first kappa shape index (κ1) is 23.0. The summed E-state index contributed by atoms with van der Waals surface area (Å²) in [6.45, 7) is 7.58. The number of aromatic amines is 1. The molecule has 3 heterocycles. The number of likely N-dealkylation sites (tertiary alicyclic amines) is 1.